The minimum absolute atomic E-state index is 0.0528. The molecule has 0 saturated carbocycles. The van der Waals surface area contributed by atoms with Crippen molar-refractivity contribution in [3.8, 4) is 5.75 Å². The highest BCUT2D eigenvalue weighted by molar-refractivity contribution is 6.31. The van der Waals surface area contributed by atoms with Gasteiger partial charge >= 0.3 is 0 Å². The fourth-order valence-electron chi connectivity index (χ4n) is 4.32. The Morgan fingerprint density at radius 2 is 1.97 bits per heavy atom. The summed E-state index contributed by atoms with van der Waals surface area (Å²) in [6.07, 6.45) is 1.80. The van der Waals surface area contributed by atoms with Crippen LogP contribution >= 0.6 is 11.6 Å². The van der Waals surface area contributed by atoms with Crippen LogP contribution in [0.1, 0.15) is 40.6 Å². The van der Waals surface area contributed by atoms with Crippen molar-refractivity contribution in [2.45, 2.75) is 25.0 Å². The molecule has 1 fully saturated rings. The average molecular weight is 426 g/mol. The van der Waals surface area contributed by atoms with Crippen molar-refractivity contribution in [2.75, 3.05) is 20.3 Å². The Bertz CT molecular complexity index is 1180. The Kier molecular flexibility index (Phi) is 4.76. The lowest BCUT2D eigenvalue weighted by atomic mass is 9.98. The van der Waals surface area contributed by atoms with Gasteiger partial charge in [0.2, 0.25) is 5.76 Å². The minimum Gasteiger partial charge on any atom is -0.497 e. The van der Waals surface area contributed by atoms with Gasteiger partial charge in [-0.25, -0.2) is 0 Å². The molecular formula is C23H20ClNO5. The molecule has 0 aliphatic carbocycles. The fourth-order valence-corrected chi connectivity index (χ4v) is 4.49. The first kappa shape index (κ1) is 19.2. The Labute approximate surface area is 177 Å². The van der Waals surface area contributed by atoms with Gasteiger partial charge in [0.05, 0.1) is 30.2 Å². The van der Waals surface area contributed by atoms with Crippen molar-refractivity contribution in [3.05, 3.63) is 74.6 Å². The third-order valence-corrected chi connectivity index (χ3v) is 6.02. The molecule has 1 aromatic heterocycles. The molecule has 1 saturated heterocycles. The second-order valence-electron chi connectivity index (χ2n) is 7.58. The first-order valence-electron chi connectivity index (χ1n) is 9.89. The monoisotopic (exact) mass is 425 g/mol. The molecule has 2 atom stereocenters. The van der Waals surface area contributed by atoms with Gasteiger partial charge in [-0.2, -0.15) is 0 Å². The Morgan fingerprint density at radius 1 is 1.17 bits per heavy atom. The van der Waals surface area contributed by atoms with Crippen LogP contribution in [-0.4, -0.2) is 37.2 Å². The number of hydrogen-bond donors (Lipinski definition) is 0. The van der Waals surface area contributed by atoms with Crippen LogP contribution in [0.15, 0.2) is 51.7 Å². The second kappa shape index (κ2) is 7.45. The minimum atomic E-state index is -0.553. The van der Waals surface area contributed by atoms with Crippen molar-refractivity contribution >= 4 is 28.5 Å². The summed E-state index contributed by atoms with van der Waals surface area (Å²) < 4.78 is 17.0. The van der Waals surface area contributed by atoms with Crippen LogP contribution in [0, 0.1) is 0 Å². The van der Waals surface area contributed by atoms with E-state index in [-0.39, 0.29) is 23.2 Å². The number of rotatable bonds is 4. The normalized spacial score (nSPS) is 20.7. The molecule has 5 rings (SSSR count). The van der Waals surface area contributed by atoms with Crippen molar-refractivity contribution in [1.82, 2.24) is 4.90 Å². The molecule has 6 nitrogen and oxygen atoms in total. The van der Waals surface area contributed by atoms with Gasteiger partial charge in [-0.15, -0.1) is 0 Å². The van der Waals surface area contributed by atoms with E-state index in [9.17, 15) is 9.59 Å². The fraction of sp³-hybridized carbons (Fsp3) is 0.304. The molecule has 7 heteroatoms. The predicted molar refractivity (Wildman–Crippen MR) is 112 cm³/mol. The summed E-state index contributed by atoms with van der Waals surface area (Å²) >= 11 is 6.11. The van der Waals surface area contributed by atoms with Gasteiger partial charge in [0.25, 0.3) is 5.91 Å². The quantitative estimate of drug-likeness (QED) is 0.627. The van der Waals surface area contributed by atoms with Crippen LogP contribution < -0.4 is 10.2 Å². The van der Waals surface area contributed by atoms with Crippen LogP contribution in [0.25, 0.3) is 11.0 Å². The average Bonchev–Trinajstić information content (AvgIpc) is 3.37. The van der Waals surface area contributed by atoms with E-state index in [0.29, 0.717) is 40.5 Å². The van der Waals surface area contributed by atoms with Crippen LogP contribution in [0.5, 0.6) is 5.75 Å². The molecule has 2 aromatic carbocycles. The Hall–Kier alpha value is -2.83. The van der Waals surface area contributed by atoms with E-state index in [4.69, 9.17) is 25.5 Å². The standard InChI is InChI=1S/C23H20ClNO5/c1-28-15-7-4-13(5-8-15)20-19-21(26)17-11-14(24)6-9-18(17)30-22(19)23(27)25(20)12-16-3-2-10-29-16/h4-9,11,16,20H,2-3,10,12H2,1H3/t16-,20+/m1/s1. The Balaban J connectivity index is 1.69. The summed E-state index contributed by atoms with van der Waals surface area (Å²) in [5.41, 5.74) is 1.27. The van der Waals surface area contributed by atoms with Crippen molar-refractivity contribution in [1.29, 1.82) is 0 Å². The number of carbonyl (C=O) groups excluding carboxylic acids is 1. The lowest BCUT2D eigenvalue weighted by molar-refractivity contribution is 0.0486. The summed E-state index contributed by atoms with van der Waals surface area (Å²) in [5, 5.41) is 0.808. The first-order chi connectivity index (χ1) is 14.6. The van der Waals surface area contributed by atoms with E-state index >= 15 is 0 Å². The molecule has 0 spiro atoms. The van der Waals surface area contributed by atoms with E-state index in [1.165, 1.54) is 0 Å². The van der Waals surface area contributed by atoms with Gasteiger partial charge in [-0.05, 0) is 48.7 Å². The molecule has 0 unspecified atom stereocenters. The molecule has 154 valence electrons. The SMILES string of the molecule is COc1ccc([C@H]2c3c(oc4ccc(Cl)cc4c3=O)C(=O)N2C[C@H]2CCCO2)cc1. The molecular weight excluding hydrogens is 406 g/mol. The zero-order chi connectivity index (χ0) is 20.8. The van der Waals surface area contributed by atoms with Gasteiger partial charge < -0.3 is 18.8 Å². The number of ether oxygens (including phenoxy) is 2. The maximum Gasteiger partial charge on any atom is 0.291 e. The van der Waals surface area contributed by atoms with Crippen molar-refractivity contribution in [3.63, 3.8) is 0 Å². The highest BCUT2D eigenvalue weighted by Gasteiger charge is 2.43. The third-order valence-electron chi connectivity index (χ3n) is 5.78. The number of nitrogens with zero attached hydrogens (tertiary/aromatic N) is 1. The molecule has 3 aromatic rings. The molecule has 3 heterocycles. The van der Waals surface area contributed by atoms with E-state index < -0.39 is 6.04 Å². The van der Waals surface area contributed by atoms with Gasteiger partial charge in [0, 0.05) is 18.2 Å². The number of amides is 1. The van der Waals surface area contributed by atoms with Crippen LogP contribution in [0.4, 0.5) is 0 Å². The number of halogens is 1. The number of methoxy groups -OCH3 is 1. The van der Waals surface area contributed by atoms with Gasteiger partial charge in [-0.3, -0.25) is 9.59 Å². The lowest BCUT2D eigenvalue weighted by Gasteiger charge is -2.27. The number of hydrogen-bond acceptors (Lipinski definition) is 5. The lowest BCUT2D eigenvalue weighted by Crippen LogP contribution is -2.36. The summed E-state index contributed by atoms with van der Waals surface area (Å²) in [6, 6.07) is 11.7. The highest BCUT2D eigenvalue weighted by atomic mass is 35.5. The smallest absolute Gasteiger partial charge is 0.291 e. The topological polar surface area (TPSA) is 69.0 Å². The molecule has 2 aliphatic rings. The zero-order valence-corrected chi connectivity index (χ0v) is 17.1. The first-order valence-corrected chi connectivity index (χ1v) is 10.3. The second-order valence-corrected chi connectivity index (χ2v) is 8.02. The van der Waals surface area contributed by atoms with Crippen LogP contribution in [-0.2, 0) is 4.74 Å². The number of carbonyl (C=O) groups is 1. The van der Waals surface area contributed by atoms with Crippen molar-refractivity contribution in [2.24, 2.45) is 0 Å². The molecule has 2 aliphatic heterocycles. The highest BCUT2D eigenvalue weighted by Crippen LogP contribution is 2.39. The maximum atomic E-state index is 13.5. The molecule has 0 bridgehead atoms. The maximum absolute atomic E-state index is 13.5. The summed E-state index contributed by atoms with van der Waals surface area (Å²) in [6.45, 7) is 1.09. The van der Waals surface area contributed by atoms with Crippen LogP contribution in [0.2, 0.25) is 5.02 Å². The third kappa shape index (κ3) is 3.07. The number of benzene rings is 2. The van der Waals surface area contributed by atoms with Gasteiger partial charge in [-0.1, -0.05) is 23.7 Å². The van der Waals surface area contributed by atoms with Gasteiger partial charge in [0.15, 0.2) is 5.43 Å². The molecule has 0 radical (unpaired) electrons. The predicted octanol–water partition coefficient (Wildman–Crippen LogP) is 4.18. The van der Waals surface area contributed by atoms with Crippen LogP contribution in [0.3, 0.4) is 0 Å². The summed E-state index contributed by atoms with van der Waals surface area (Å²) in [7, 11) is 1.59. The molecule has 1 amide bonds. The van der Waals surface area contributed by atoms with E-state index in [1.54, 1.807) is 30.2 Å². The largest absolute Gasteiger partial charge is 0.497 e. The number of fused-ring (bicyclic) bond motifs is 2. The summed E-state index contributed by atoms with van der Waals surface area (Å²) in [4.78, 5) is 28.5. The van der Waals surface area contributed by atoms with E-state index in [0.717, 1.165) is 18.4 Å². The summed E-state index contributed by atoms with van der Waals surface area (Å²) in [5.74, 6) is 0.496. The van der Waals surface area contributed by atoms with Gasteiger partial charge in [0.1, 0.15) is 11.3 Å². The van der Waals surface area contributed by atoms with E-state index in [1.807, 2.05) is 24.3 Å². The molecule has 0 N–H and O–H groups in total. The van der Waals surface area contributed by atoms with Crippen molar-refractivity contribution < 1.29 is 18.7 Å². The Morgan fingerprint density at radius 3 is 2.67 bits per heavy atom. The van der Waals surface area contributed by atoms with E-state index in [2.05, 4.69) is 0 Å². The zero-order valence-electron chi connectivity index (χ0n) is 16.4. The molecule has 30 heavy (non-hydrogen) atoms.